The lowest BCUT2D eigenvalue weighted by Crippen LogP contribution is -2.31. The molecule has 0 saturated carbocycles. The normalized spacial score (nSPS) is 15.5. The minimum absolute atomic E-state index is 0.123. The van der Waals surface area contributed by atoms with Crippen LogP contribution in [0.15, 0.2) is 77.7 Å². The third kappa shape index (κ3) is 5.47. The first kappa shape index (κ1) is 23.1. The van der Waals surface area contributed by atoms with Crippen LogP contribution in [0.4, 0.5) is 17.1 Å². The van der Waals surface area contributed by atoms with Gasteiger partial charge in [-0.15, -0.1) is 11.8 Å². The van der Waals surface area contributed by atoms with Crippen LogP contribution in [0.1, 0.15) is 6.42 Å². The van der Waals surface area contributed by atoms with E-state index in [4.69, 9.17) is 28.6 Å². The van der Waals surface area contributed by atoms with Gasteiger partial charge >= 0.3 is 0 Å². The number of thiocarbonyl (C=S) groups is 1. The van der Waals surface area contributed by atoms with Crippen molar-refractivity contribution in [1.82, 2.24) is 0 Å². The van der Waals surface area contributed by atoms with Gasteiger partial charge in [0.05, 0.1) is 23.1 Å². The molecule has 1 saturated heterocycles. The smallest absolute Gasteiger partial charge is 0.247 e. The quantitative estimate of drug-likeness (QED) is 0.340. The maximum Gasteiger partial charge on any atom is 0.247 e. The third-order valence-electron chi connectivity index (χ3n) is 4.92. The molecule has 2 amide bonds. The Morgan fingerprint density at radius 1 is 1.03 bits per heavy atom. The van der Waals surface area contributed by atoms with E-state index in [1.54, 1.807) is 18.2 Å². The number of carbonyl (C=O) groups excluding carboxylic acids is 2. The molecule has 0 aromatic heterocycles. The summed E-state index contributed by atoms with van der Waals surface area (Å²) in [5, 5.41) is 6.56. The summed E-state index contributed by atoms with van der Waals surface area (Å²) in [6.07, 6.45) is 0.123. The zero-order valence-electron chi connectivity index (χ0n) is 17.6. The summed E-state index contributed by atoms with van der Waals surface area (Å²) >= 11 is 12.9. The largest absolute Gasteiger partial charge is 0.495 e. The number of nitrogens with one attached hydrogen (secondary N) is 2. The molecule has 168 valence electrons. The Labute approximate surface area is 206 Å². The van der Waals surface area contributed by atoms with Crippen molar-refractivity contribution in [2.75, 3.05) is 22.6 Å². The van der Waals surface area contributed by atoms with E-state index in [0.29, 0.717) is 21.6 Å². The highest BCUT2D eigenvalue weighted by molar-refractivity contribution is 8.00. The van der Waals surface area contributed by atoms with E-state index in [9.17, 15) is 9.59 Å². The number of methoxy groups -OCH3 is 1. The fraction of sp³-hybridized carbons (Fsp3) is 0.125. The van der Waals surface area contributed by atoms with E-state index in [1.807, 2.05) is 54.6 Å². The van der Waals surface area contributed by atoms with Crippen molar-refractivity contribution in [2.24, 2.45) is 0 Å². The second-order valence-electron chi connectivity index (χ2n) is 7.17. The van der Waals surface area contributed by atoms with E-state index in [-0.39, 0.29) is 18.2 Å². The van der Waals surface area contributed by atoms with E-state index in [1.165, 1.54) is 23.8 Å². The minimum Gasteiger partial charge on any atom is -0.495 e. The molecule has 1 atom stereocenters. The molecule has 6 nitrogen and oxygen atoms in total. The lowest BCUT2D eigenvalue weighted by molar-refractivity contribution is -0.121. The Hall–Kier alpha value is -3.07. The van der Waals surface area contributed by atoms with Crippen LogP contribution < -0.4 is 20.3 Å². The highest BCUT2D eigenvalue weighted by Crippen LogP contribution is 2.36. The van der Waals surface area contributed by atoms with Crippen molar-refractivity contribution in [3.8, 4) is 5.75 Å². The number of amides is 2. The number of benzene rings is 3. The minimum atomic E-state index is -0.502. The Balaban J connectivity index is 1.38. The Bertz CT molecular complexity index is 1190. The lowest BCUT2D eigenvalue weighted by Gasteiger charge is -2.16. The van der Waals surface area contributed by atoms with Crippen LogP contribution in [0.3, 0.4) is 0 Å². The molecule has 9 heteroatoms. The van der Waals surface area contributed by atoms with E-state index in [0.717, 1.165) is 16.3 Å². The summed E-state index contributed by atoms with van der Waals surface area (Å²) in [5.41, 5.74) is 2.16. The number of hydrogen-bond donors (Lipinski definition) is 2. The predicted octanol–water partition coefficient (Wildman–Crippen LogP) is 5.58. The average Bonchev–Trinajstić information content (AvgIpc) is 3.08. The number of imide groups is 1. The zero-order valence-corrected chi connectivity index (χ0v) is 20.0. The number of halogens is 1. The number of thioether (sulfide) groups is 1. The second kappa shape index (κ2) is 10.2. The van der Waals surface area contributed by atoms with Gasteiger partial charge in [0, 0.05) is 22.7 Å². The van der Waals surface area contributed by atoms with E-state index >= 15 is 0 Å². The first-order valence-corrected chi connectivity index (χ1v) is 11.7. The summed E-state index contributed by atoms with van der Waals surface area (Å²) in [6.45, 7) is 0. The second-order valence-corrected chi connectivity index (χ2v) is 9.26. The molecule has 0 spiro atoms. The molecule has 33 heavy (non-hydrogen) atoms. The number of ether oxygens (including phenoxy) is 1. The molecule has 3 aromatic rings. The number of hydrogen-bond acceptors (Lipinski definition) is 5. The van der Waals surface area contributed by atoms with Crippen LogP contribution >= 0.6 is 35.6 Å². The SMILES string of the molecule is COc1ccc(N2C(=O)CC(Sc3ccc(NC(=S)Nc4ccccc4)cc3)C2=O)cc1Cl. The highest BCUT2D eigenvalue weighted by atomic mass is 35.5. The van der Waals surface area contributed by atoms with Crippen LogP contribution in [-0.4, -0.2) is 29.3 Å². The molecule has 0 bridgehead atoms. The molecule has 1 aliphatic rings. The maximum absolute atomic E-state index is 12.9. The number of para-hydroxylation sites is 1. The van der Waals surface area contributed by atoms with Gasteiger partial charge in [0.2, 0.25) is 11.8 Å². The molecule has 1 heterocycles. The van der Waals surface area contributed by atoms with Crippen molar-refractivity contribution < 1.29 is 14.3 Å². The summed E-state index contributed by atoms with van der Waals surface area (Å²) < 4.78 is 5.14. The van der Waals surface area contributed by atoms with Crippen LogP contribution in [0.2, 0.25) is 5.02 Å². The molecule has 1 aliphatic heterocycles. The van der Waals surface area contributed by atoms with Crippen LogP contribution in [0.25, 0.3) is 0 Å². The number of rotatable bonds is 6. The van der Waals surface area contributed by atoms with Gasteiger partial charge in [0.25, 0.3) is 0 Å². The standard InChI is InChI=1S/C24H20ClN3O3S2/c1-31-20-12-9-17(13-19(20)25)28-22(29)14-21(23(28)30)33-18-10-7-16(8-11-18)27-24(32)26-15-5-3-2-4-6-15/h2-13,21H,14H2,1H3,(H2,26,27,32). The van der Waals surface area contributed by atoms with Gasteiger partial charge in [-0.3, -0.25) is 9.59 Å². The molecule has 4 rings (SSSR count). The van der Waals surface area contributed by atoms with Crippen molar-refractivity contribution in [3.05, 3.63) is 77.8 Å². The molecule has 3 aromatic carbocycles. The predicted molar refractivity (Wildman–Crippen MR) is 137 cm³/mol. The topological polar surface area (TPSA) is 70.7 Å². The summed E-state index contributed by atoms with van der Waals surface area (Å²) in [4.78, 5) is 27.6. The van der Waals surface area contributed by atoms with Crippen LogP contribution in [0.5, 0.6) is 5.75 Å². The molecule has 1 fully saturated rings. The first-order chi connectivity index (χ1) is 15.9. The van der Waals surface area contributed by atoms with Crippen molar-refractivity contribution in [1.29, 1.82) is 0 Å². The third-order valence-corrected chi connectivity index (χ3v) is 6.62. The Morgan fingerprint density at radius 2 is 1.70 bits per heavy atom. The van der Waals surface area contributed by atoms with Gasteiger partial charge in [-0.1, -0.05) is 29.8 Å². The highest BCUT2D eigenvalue weighted by Gasteiger charge is 2.40. The molecule has 2 N–H and O–H groups in total. The number of carbonyl (C=O) groups is 2. The van der Waals surface area contributed by atoms with Gasteiger partial charge in [-0.05, 0) is 66.8 Å². The monoisotopic (exact) mass is 497 g/mol. The molecule has 0 aliphatic carbocycles. The maximum atomic E-state index is 12.9. The molecular formula is C24H20ClN3O3S2. The van der Waals surface area contributed by atoms with Gasteiger partial charge in [0.1, 0.15) is 5.75 Å². The molecular weight excluding hydrogens is 478 g/mol. The van der Waals surface area contributed by atoms with E-state index < -0.39 is 5.25 Å². The summed E-state index contributed by atoms with van der Waals surface area (Å²) in [5.74, 6) is -0.0337. The Kier molecular flexibility index (Phi) is 7.17. The van der Waals surface area contributed by atoms with Crippen LogP contribution in [-0.2, 0) is 9.59 Å². The van der Waals surface area contributed by atoms with Gasteiger partial charge in [-0.2, -0.15) is 0 Å². The van der Waals surface area contributed by atoms with Crippen LogP contribution in [0, 0.1) is 0 Å². The van der Waals surface area contributed by atoms with E-state index in [2.05, 4.69) is 10.6 Å². The summed E-state index contributed by atoms with van der Waals surface area (Å²) in [7, 11) is 1.51. The van der Waals surface area contributed by atoms with Gasteiger partial charge in [0.15, 0.2) is 5.11 Å². The van der Waals surface area contributed by atoms with Gasteiger partial charge in [-0.25, -0.2) is 4.90 Å². The van der Waals surface area contributed by atoms with Crippen molar-refractivity contribution >= 4 is 69.6 Å². The average molecular weight is 498 g/mol. The Morgan fingerprint density at radius 3 is 2.33 bits per heavy atom. The molecule has 0 radical (unpaired) electrons. The fourth-order valence-electron chi connectivity index (χ4n) is 3.36. The van der Waals surface area contributed by atoms with Crippen molar-refractivity contribution in [3.63, 3.8) is 0 Å². The molecule has 1 unspecified atom stereocenters. The number of anilines is 3. The fourth-order valence-corrected chi connectivity index (χ4v) is 4.90. The first-order valence-electron chi connectivity index (χ1n) is 10.0. The van der Waals surface area contributed by atoms with Gasteiger partial charge < -0.3 is 15.4 Å². The number of nitrogens with zero attached hydrogens (tertiary/aromatic N) is 1. The van der Waals surface area contributed by atoms with Crippen molar-refractivity contribution in [2.45, 2.75) is 16.6 Å². The lowest BCUT2D eigenvalue weighted by atomic mass is 10.3. The zero-order chi connectivity index (χ0) is 23.4. The summed E-state index contributed by atoms with van der Waals surface area (Å²) in [6, 6.07) is 22.0.